The molecule has 3 aromatic carbocycles. The zero-order valence-electron chi connectivity index (χ0n) is 19.0. The first-order chi connectivity index (χ1) is 17.4. The topological polar surface area (TPSA) is 61.8 Å². The van der Waals surface area contributed by atoms with E-state index in [9.17, 15) is 35.9 Å². The molecule has 1 heterocycles. The Morgan fingerprint density at radius 3 is 2.11 bits per heavy atom. The molecule has 4 rings (SSSR count). The Balaban J connectivity index is 1.69. The van der Waals surface area contributed by atoms with E-state index >= 15 is 0 Å². The second kappa shape index (κ2) is 10.1. The molecule has 192 valence electrons. The molecule has 0 unspecified atom stereocenters. The first kappa shape index (κ1) is 25.9. The highest BCUT2D eigenvalue weighted by Gasteiger charge is 2.40. The molecule has 37 heavy (non-hydrogen) atoms. The largest absolute Gasteiger partial charge is 0.416 e. The SMILES string of the molecule is O=C(Cc1ccc(C(F)(F)F)cc1)N[C@@H]1N=C(c2ccccc2)c2ccccc2N(CC(F)(F)F)C1=O. The van der Waals surface area contributed by atoms with Gasteiger partial charge in [-0.2, -0.15) is 26.3 Å². The molecule has 3 aromatic rings. The molecule has 1 aliphatic rings. The lowest BCUT2D eigenvalue weighted by Gasteiger charge is -2.26. The number of hydrogen-bond acceptors (Lipinski definition) is 3. The normalized spacial score (nSPS) is 16.1. The number of carbonyl (C=O) groups is 2. The molecule has 5 nitrogen and oxygen atoms in total. The summed E-state index contributed by atoms with van der Waals surface area (Å²) in [5, 5.41) is 2.35. The van der Waals surface area contributed by atoms with Crippen LogP contribution in [-0.2, 0) is 22.2 Å². The smallest absolute Gasteiger partial charge is 0.326 e. The van der Waals surface area contributed by atoms with Gasteiger partial charge in [0.25, 0.3) is 5.91 Å². The highest BCUT2D eigenvalue weighted by molar-refractivity contribution is 6.20. The highest BCUT2D eigenvalue weighted by atomic mass is 19.4. The second-order valence-electron chi connectivity index (χ2n) is 8.24. The highest BCUT2D eigenvalue weighted by Crippen LogP contribution is 2.31. The van der Waals surface area contributed by atoms with Crippen molar-refractivity contribution in [2.45, 2.75) is 24.9 Å². The van der Waals surface area contributed by atoms with E-state index in [-0.39, 0.29) is 22.5 Å². The summed E-state index contributed by atoms with van der Waals surface area (Å²) in [5.41, 5.74) is 0.285. The van der Waals surface area contributed by atoms with Crippen LogP contribution in [0.15, 0.2) is 83.9 Å². The van der Waals surface area contributed by atoms with Gasteiger partial charge in [0.2, 0.25) is 12.1 Å². The van der Waals surface area contributed by atoms with Crippen molar-refractivity contribution in [1.29, 1.82) is 0 Å². The van der Waals surface area contributed by atoms with Gasteiger partial charge in [0, 0.05) is 11.1 Å². The van der Waals surface area contributed by atoms with Crippen molar-refractivity contribution in [3.63, 3.8) is 0 Å². The number of carbonyl (C=O) groups excluding carboxylic acids is 2. The number of nitrogens with zero attached hydrogens (tertiary/aromatic N) is 2. The molecule has 0 saturated carbocycles. The van der Waals surface area contributed by atoms with E-state index in [1.54, 1.807) is 36.4 Å². The van der Waals surface area contributed by atoms with Crippen molar-refractivity contribution in [1.82, 2.24) is 5.32 Å². The Kier molecular flexibility index (Phi) is 7.06. The minimum atomic E-state index is -4.74. The summed E-state index contributed by atoms with van der Waals surface area (Å²) >= 11 is 0. The first-order valence-electron chi connectivity index (χ1n) is 11.0. The number of benzodiazepines with no additional fused rings is 1. The first-order valence-corrected chi connectivity index (χ1v) is 11.0. The van der Waals surface area contributed by atoms with E-state index in [0.717, 1.165) is 24.3 Å². The van der Waals surface area contributed by atoms with Gasteiger partial charge >= 0.3 is 12.4 Å². The number of rotatable bonds is 5. The van der Waals surface area contributed by atoms with Crippen molar-refractivity contribution >= 4 is 23.2 Å². The lowest BCUT2D eigenvalue weighted by atomic mass is 10.0. The predicted octanol–water partition coefficient (Wildman–Crippen LogP) is 5.14. The molecule has 0 aliphatic carbocycles. The van der Waals surface area contributed by atoms with E-state index in [0.29, 0.717) is 10.5 Å². The molecule has 11 heteroatoms. The summed E-state index contributed by atoms with van der Waals surface area (Å²) in [6.07, 6.45) is -11.4. The number of para-hydroxylation sites is 1. The van der Waals surface area contributed by atoms with Gasteiger partial charge in [0.15, 0.2) is 0 Å². The number of aliphatic imine (C=N–C) groups is 1. The number of fused-ring (bicyclic) bond motifs is 1. The quantitative estimate of drug-likeness (QED) is 0.475. The van der Waals surface area contributed by atoms with Gasteiger partial charge in [0.05, 0.1) is 23.4 Å². The van der Waals surface area contributed by atoms with Crippen LogP contribution in [0.5, 0.6) is 0 Å². The van der Waals surface area contributed by atoms with Crippen LogP contribution in [0.3, 0.4) is 0 Å². The van der Waals surface area contributed by atoms with Crippen LogP contribution in [0, 0.1) is 0 Å². The fraction of sp³-hybridized carbons (Fsp3) is 0.192. The predicted molar refractivity (Wildman–Crippen MR) is 124 cm³/mol. The third-order valence-corrected chi connectivity index (χ3v) is 5.54. The number of hydrogen-bond donors (Lipinski definition) is 1. The van der Waals surface area contributed by atoms with E-state index in [4.69, 9.17) is 0 Å². The molecule has 1 atom stereocenters. The molecule has 0 radical (unpaired) electrons. The fourth-order valence-electron chi connectivity index (χ4n) is 3.89. The fourth-order valence-corrected chi connectivity index (χ4v) is 3.89. The Labute approximate surface area is 207 Å². The van der Waals surface area contributed by atoms with E-state index < -0.39 is 48.9 Å². The average molecular weight is 519 g/mol. The molecular formula is C26H19F6N3O2. The molecule has 1 aliphatic heterocycles. The Morgan fingerprint density at radius 1 is 0.865 bits per heavy atom. The number of alkyl halides is 6. The summed E-state index contributed by atoms with van der Waals surface area (Å²) in [7, 11) is 0. The maximum atomic E-state index is 13.5. The van der Waals surface area contributed by atoms with Gasteiger partial charge in [-0.05, 0) is 23.8 Å². The lowest BCUT2D eigenvalue weighted by molar-refractivity contribution is -0.137. The van der Waals surface area contributed by atoms with E-state index in [2.05, 4.69) is 10.3 Å². The maximum Gasteiger partial charge on any atom is 0.416 e. The summed E-state index contributed by atoms with van der Waals surface area (Å²) < 4.78 is 78.8. The Morgan fingerprint density at radius 2 is 1.49 bits per heavy atom. The molecule has 1 N–H and O–H groups in total. The van der Waals surface area contributed by atoms with Crippen molar-refractivity contribution in [2.75, 3.05) is 11.4 Å². The number of nitrogens with one attached hydrogen (secondary N) is 1. The molecule has 0 bridgehead atoms. The van der Waals surface area contributed by atoms with Gasteiger partial charge in [0.1, 0.15) is 6.54 Å². The molecule has 0 spiro atoms. The van der Waals surface area contributed by atoms with Gasteiger partial charge < -0.3 is 5.32 Å². The summed E-state index contributed by atoms with van der Waals surface area (Å²) in [4.78, 5) is 30.9. The Hall–Kier alpha value is -4.15. The van der Waals surface area contributed by atoms with Gasteiger partial charge in [-0.1, -0.05) is 60.7 Å². The standard InChI is InChI=1S/C26H19F6N3O2/c27-25(28,29)15-35-20-9-5-4-8-19(20)22(17-6-2-1-3-7-17)34-23(24(35)37)33-21(36)14-16-10-12-18(13-11-16)26(30,31)32/h1-13,23H,14-15H2,(H,33,36)/t23-/m1/s1. The molecule has 0 fully saturated rings. The number of halogens is 6. The van der Waals surface area contributed by atoms with Crippen molar-refractivity contribution < 1.29 is 35.9 Å². The monoisotopic (exact) mass is 519 g/mol. The lowest BCUT2D eigenvalue weighted by Crippen LogP contribution is -2.50. The van der Waals surface area contributed by atoms with Gasteiger partial charge in [-0.25, -0.2) is 4.99 Å². The Bertz CT molecular complexity index is 1320. The minimum Gasteiger partial charge on any atom is -0.326 e. The molecular weight excluding hydrogens is 500 g/mol. The van der Waals surface area contributed by atoms with Crippen LogP contribution < -0.4 is 10.2 Å². The maximum absolute atomic E-state index is 13.5. The van der Waals surface area contributed by atoms with Crippen molar-refractivity contribution in [2.24, 2.45) is 4.99 Å². The van der Waals surface area contributed by atoms with Gasteiger partial charge in [-0.15, -0.1) is 0 Å². The third-order valence-electron chi connectivity index (χ3n) is 5.54. The second-order valence-corrected chi connectivity index (χ2v) is 8.24. The summed E-state index contributed by atoms with van der Waals surface area (Å²) in [6.45, 7) is -1.61. The molecule has 0 aromatic heterocycles. The zero-order valence-corrected chi connectivity index (χ0v) is 19.0. The van der Waals surface area contributed by atoms with Crippen LogP contribution in [0.2, 0.25) is 0 Å². The third kappa shape index (κ3) is 6.16. The minimum absolute atomic E-state index is 0.0214. The van der Waals surface area contributed by atoms with Crippen molar-refractivity contribution in [3.8, 4) is 0 Å². The number of amides is 2. The van der Waals surface area contributed by atoms with Crippen LogP contribution >= 0.6 is 0 Å². The van der Waals surface area contributed by atoms with Crippen molar-refractivity contribution in [3.05, 3.63) is 101 Å². The average Bonchev–Trinajstić information content (AvgIpc) is 2.94. The summed E-state index contributed by atoms with van der Waals surface area (Å²) in [6, 6.07) is 18.3. The summed E-state index contributed by atoms with van der Waals surface area (Å²) in [5.74, 6) is -1.90. The van der Waals surface area contributed by atoms with Crippen LogP contribution in [0.4, 0.5) is 32.0 Å². The number of anilines is 1. The zero-order chi connectivity index (χ0) is 26.8. The van der Waals surface area contributed by atoms with Crippen LogP contribution in [0.25, 0.3) is 0 Å². The van der Waals surface area contributed by atoms with E-state index in [1.807, 2.05) is 0 Å². The van der Waals surface area contributed by atoms with Gasteiger partial charge in [-0.3, -0.25) is 14.5 Å². The molecule has 2 amide bonds. The number of benzene rings is 3. The van der Waals surface area contributed by atoms with Crippen LogP contribution in [-0.4, -0.2) is 36.4 Å². The van der Waals surface area contributed by atoms with Crippen LogP contribution in [0.1, 0.15) is 22.3 Å². The molecule has 0 saturated heterocycles. The van der Waals surface area contributed by atoms with E-state index in [1.165, 1.54) is 18.2 Å².